The summed E-state index contributed by atoms with van der Waals surface area (Å²) in [5.74, 6) is 0. The van der Waals surface area contributed by atoms with Crippen LogP contribution in [0.1, 0.15) is 5.69 Å². The summed E-state index contributed by atoms with van der Waals surface area (Å²) in [6, 6.07) is 0. The molecule has 0 radical (unpaired) electrons. The summed E-state index contributed by atoms with van der Waals surface area (Å²) in [6.45, 7) is 1.10. The van der Waals surface area contributed by atoms with E-state index in [0.29, 0.717) is 0 Å². The van der Waals surface area contributed by atoms with Crippen LogP contribution in [0.5, 0.6) is 0 Å². The molecule has 13 heavy (non-hydrogen) atoms. The van der Waals surface area contributed by atoms with Gasteiger partial charge >= 0.3 is 0 Å². The van der Waals surface area contributed by atoms with Crippen molar-refractivity contribution in [1.82, 2.24) is 9.97 Å². The maximum atomic E-state index is 4.21. The molecule has 3 nitrogen and oxygen atoms in total. The summed E-state index contributed by atoms with van der Waals surface area (Å²) < 4.78 is 0.969. The van der Waals surface area contributed by atoms with Gasteiger partial charge in [0.15, 0.2) is 0 Å². The molecule has 1 heterocycles. The summed E-state index contributed by atoms with van der Waals surface area (Å²) in [5, 5.41) is 0. The monoisotopic (exact) mass is 293 g/mol. The lowest BCUT2D eigenvalue weighted by Crippen LogP contribution is -3.00. The number of halogens is 1. The number of quaternary nitrogens is 1. The van der Waals surface area contributed by atoms with Crippen LogP contribution in [-0.2, 0) is 6.42 Å². The van der Waals surface area contributed by atoms with Crippen molar-refractivity contribution >= 4 is 0 Å². The topological polar surface area (TPSA) is 25.8 Å². The van der Waals surface area contributed by atoms with Crippen molar-refractivity contribution in [3.05, 3.63) is 24.3 Å². The van der Waals surface area contributed by atoms with Crippen LogP contribution in [0.4, 0.5) is 0 Å². The number of hydrogen-bond acceptors (Lipinski definition) is 2. The Kier molecular flexibility index (Phi) is 5.39. The second-order valence-corrected chi connectivity index (χ2v) is 3.96. The van der Waals surface area contributed by atoms with Gasteiger partial charge in [-0.25, -0.2) is 0 Å². The number of hydrogen-bond donors (Lipinski definition) is 0. The Labute approximate surface area is 96.8 Å². The average Bonchev–Trinajstić information content (AvgIpc) is 2.02. The van der Waals surface area contributed by atoms with E-state index in [0.717, 1.165) is 23.1 Å². The van der Waals surface area contributed by atoms with Gasteiger partial charge in [-0.2, -0.15) is 0 Å². The molecule has 0 spiro atoms. The molecule has 0 atom stereocenters. The van der Waals surface area contributed by atoms with Gasteiger partial charge in [-0.3, -0.25) is 9.97 Å². The average molecular weight is 293 g/mol. The fraction of sp³-hybridized carbons (Fsp3) is 0.556. The van der Waals surface area contributed by atoms with Crippen LogP contribution in [0.2, 0.25) is 0 Å². The van der Waals surface area contributed by atoms with Gasteiger partial charge in [0, 0.05) is 25.0 Å². The molecule has 74 valence electrons. The smallest absolute Gasteiger partial charge is 0.0837 e. The molecule has 0 aliphatic heterocycles. The molecule has 0 saturated carbocycles. The predicted molar refractivity (Wildman–Crippen MR) is 48.6 cm³/mol. The molecule has 1 aromatic rings. The number of rotatable bonds is 3. The first-order chi connectivity index (χ1) is 5.58. The van der Waals surface area contributed by atoms with Gasteiger partial charge in [-0.15, -0.1) is 0 Å². The Balaban J connectivity index is 0.00000144. The van der Waals surface area contributed by atoms with E-state index < -0.39 is 0 Å². The second-order valence-electron chi connectivity index (χ2n) is 3.96. The van der Waals surface area contributed by atoms with E-state index in [4.69, 9.17) is 0 Å². The SMILES string of the molecule is C[N+](C)(C)CCc1cnccn1.[I-]. The number of aromatic nitrogens is 2. The summed E-state index contributed by atoms with van der Waals surface area (Å²) >= 11 is 0. The third-order valence-corrected chi connectivity index (χ3v) is 1.66. The van der Waals surface area contributed by atoms with E-state index in [9.17, 15) is 0 Å². The van der Waals surface area contributed by atoms with E-state index in [-0.39, 0.29) is 24.0 Å². The first-order valence-corrected chi connectivity index (χ1v) is 4.13. The summed E-state index contributed by atoms with van der Waals surface area (Å²) in [4.78, 5) is 8.23. The van der Waals surface area contributed by atoms with Gasteiger partial charge in [-0.1, -0.05) is 0 Å². The number of nitrogens with zero attached hydrogens (tertiary/aromatic N) is 3. The second kappa shape index (κ2) is 5.49. The largest absolute Gasteiger partial charge is 1.00 e. The van der Waals surface area contributed by atoms with Crippen LogP contribution in [0.15, 0.2) is 18.6 Å². The van der Waals surface area contributed by atoms with Gasteiger partial charge in [-0.05, 0) is 0 Å². The fourth-order valence-electron chi connectivity index (χ4n) is 0.909. The predicted octanol–water partition coefficient (Wildman–Crippen LogP) is -2.27. The molecule has 1 rings (SSSR count). The molecular weight excluding hydrogens is 277 g/mol. The van der Waals surface area contributed by atoms with Crippen LogP contribution in [0, 0.1) is 0 Å². The van der Waals surface area contributed by atoms with E-state index >= 15 is 0 Å². The molecule has 0 saturated heterocycles. The molecule has 0 amide bonds. The third-order valence-electron chi connectivity index (χ3n) is 1.66. The van der Waals surface area contributed by atoms with Crippen LogP contribution in [-0.4, -0.2) is 42.1 Å². The Hall–Kier alpha value is -0.230. The van der Waals surface area contributed by atoms with Crippen molar-refractivity contribution < 1.29 is 28.5 Å². The summed E-state index contributed by atoms with van der Waals surface area (Å²) in [7, 11) is 6.53. The van der Waals surface area contributed by atoms with E-state index in [1.807, 2.05) is 6.20 Å². The highest BCUT2D eigenvalue weighted by atomic mass is 127. The molecule has 0 aromatic carbocycles. The molecule has 0 aliphatic rings. The molecule has 0 aliphatic carbocycles. The Morgan fingerprint density at radius 3 is 2.38 bits per heavy atom. The molecule has 0 fully saturated rings. The Morgan fingerprint density at radius 1 is 1.23 bits per heavy atom. The first-order valence-electron chi connectivity index (χ1n) is 4.13. The van der Waals surface area contributed by atoms with Crippen molar-refractivity contribution in [3.8, 4) is 0 Å². The van der Waals surface area contributed by atoms with Gasteiger partial charge in [0.2, 0.25) is 0 Å². The van der Waals surface area contributed by atoms with Crippen LogP contribution in [0.25, 0.3) is 0 Å². The van der Waals surface area contributed by atoms with Gasteiger partial charge in [0.1, 0.15) is 0 Å². The standard InChI is InChI=1S/C9H16N3.HI/c1-12(2,3)7-4-9-8-10-5-6-11-9;/h5-6,8H,4,7H2,1-3H3;1H/q+1;/p-1. The van der Waals surface area contributed by atoms with Crippen molar-refractivity contribution in [2.24, 2.45) is 0 Å². The van der Waals surface area contributed by atoms with E-state index in [2.05, 4.69) is 31.1 Å². The zero-order valence-corrected chi connectivity index (χ0v) is 10.5. The van der Waals surface area contributed by atoms with E-state index in [1.54, 1.807) is 12.4 Å². The lowest BCUT2D eigenvalue weighted by Gasteiger charge is -2.23. The van der Waals surface area contributed by atoms with Gasteiger partial charge in [0.05, 0.1) is 33.4 Å². The normalized spacial score (nSPS) is 10.7. The lowest BCUT2D eigenvalue weighted by atomic mass is 10.3. The zero-order chi connectivity index (χ0) is 9.03. The molecule has 4 heteroatoms. The fourth-order valence-corrected chi connectivity index (χ4v) is 0.909. The van der Waals surface area contributed by atoms with Crippen LogP contribution in [0.3, 0.4) is 0 Å². The van der Waals surface area contributed by atoms with Crippen LogP contribution >= 0.6 is 0 Å². The minimum atomic E-state index is 0. The first kappa shape index (κ1) is 12.8. The molecule has 0 N–H and O–H groups in total. The van der Waals surface area contributed by atoms with Crippen LogP contribution < -0.4 is 24.0 Å². The molecule has 1 aromatic heterocycles. The number of likely N-dealkylation sites (N-methyl/N-ethyl adjacent to an activating group) is 1. The zero-order valence-electron chi connectivity index (χ0n) is 8.37. The summed E-state index contributed by atoms with van der Waals surface area (Å²) in [5.41, 5.74) is 1.07. The third kappa shape index (κ3) is 5.93. The molecular formula is C9H16IN3. The summed E-state index contributed by atoms with van der Waals surface area (Å²) in [6.07, 6.45) is 6.27. The Morgan fingerprint density at radius 2 is 1.92 bits per heavy atom. The molecule has 0 bridgehead atoms. The minimum absolute atomic E-state index is 0. The maximum Gasteiger partial charge on any atom is 0.0837 e. The highest BCUT2D eigenvalue weighted by Gasteiger charge is 2.06. The minimum Gasteiger partial charge on any atom is -1.00 e. The maximum absolute atomic E-state index is 4.21. The van der Waals surface area contributed by atoms with Crippen molar-refractivity contribution in [2.75, 3.05) is 27.7 Å². The van der Waals surface area contributed by atoms with Gasteiger partial charge in [0.25, 0.3) is 0 Å². The Bertz CT molecular complexity index is 230. The molecule has 0 unspecified atom stereocenters. The van der Waals surface area contributed by atoms with Crippen molar-refractivity contribution in [3.63, 3.8) is 0 Å². The lowest BCUT2D eigenvalue weighted by molar-refractivity contribution is -0.870. The van der Waals surface area contributed by atoms with Gasteiger partial charge < -0.3 is 28.5 Å². The van der Waals surface area contributed by atoms with E-state index in [1.165, 1.54) is 0 Å². The van der Waals surface area contributed by atoms with Crippen molar-refractivity contribution in [2.45, 2.75) is 6.42 Å². The quantitative estimate of drug-likeness (QED) is 0.464. The highest BCUT2D eigenvalue weighted by Crippen LogP contribution is 1.97. The van der Waals surface area contributed by atoms with Crippen molar-refractivity contribution in [1.29, 1.82) is 0 Å². The highest BCUT2D eigenvalue weighted by molar-refractivity contribution is 4.94.